The van der Waals surface area contributed by atoms with Crippen LogP contribution >= 0.6 is 0 Å². The van der Waals surface area contributed by atoms with Gasteiger partial charge in [-0.25, -0.2) is 0 Å². The average molecular weight is 221 g/mol. The van der Waals surface area contributed by atoms with Gasteiger partial charge in [0.15, 0.2) is 0 Å². The van der Waals surface area contributed by atoms with E-state index >= 15 is 0 Å². The second-order valence-electron chi connectivity index (χ2n) is 5.95. The number of likely N-dealkylation sites (tertiary alicyclic amines) is 1. The van der Waals surface area contributed by atoms with Gasteiger partial charge >= 0.3 is 0 Å². The molecule has 0 spiro atoms. The Morgan fingerprint density at radius 1 is 1.50 bits per heavy atom. The number of hydrogen-bond donors (Lipinski definition) is 0. The van der Waals surface area contributed by atoms with E-state index in [1.54, 1.807) is 0 Å². The van der Waals surface area contributed by atoms with Crippen molar-refractivity contribution in [3.63, 3.8) is 0 Å². The van der Waals surface area contributed by atoms with E-state index in [1.165, 1.54) is 38.9 Å². The van der Waals surface area contributed by atoms with Crippen molar-refractivity contribution in [2.24, 2.45) is 11.3 Å². The minimum Gasteiger partial charge on any atom is -0.306 e. The lowest BCUT2D eigenvalue weighted by atomic mass is 10.0. The highest BCUT2D eigenvalue weighted by Gasteiger charge is 2.43. The van der Waals surface area contributed by atoms with Crippen molar-refractivity contribution in [1.82, 2.24) is 9.80 Å². The minimum absolute atomic E-state index is 0.369. The molecule has 2 rings (SSSR count). The fraction of sp³-hybridized carbons (Fsp3) is 0.923. The second kappa shape index (κ2) is 4.73. The third-order valence-corrected chi connectivity index (χ3v) is 4.08. The maximum Gasteiger partial charge on any atom is 0.0628 e. The van der Waals surface area contributed by atoms with Gasteiger partial charge in [-0.15, -0.1) is 0 Å². The Balaban J connectivity index is 1.72. The number of nitriles is 1. The largest absolute Gasteiger partial charge is 0.306 e. The molecule has 2 aliphatic rings. The van der Waals surface area contributed by atoms with E-state index in [9.17, 15) is 0 Å². The second-order valence-corrected chi connectivity index (χ2v) is 5.95. The molecule has 1 saturated carbocycles. The molecule has 0 amide bonds. The van der Waals surface area contributed by atoms with E-state index in [4.69, 9.17) is 5.26 Å². The summed E-state index contributed by atoms with van der Waals surface area (Å²) >= 11 is 0. The molecule has 3 nitrogen and oxygen atoms in total. The van der Waals surface area contributed by atoms with Crippen molar-refractivity contribution in [2.45, 2.75) is 25.7 Å². The molecular formula is C13H23N3. The summed E-state index contributed by atoms with van der Waals surface area (Å²) in [5.74, 6) is 0.841. The van der Waals surface area contributed by atoms with Crippen LogP contribution in [-0.4, -0.2) is 50.1 Å². The lowest BCUT2D eigenvalue weighted by Gasteiger charge is -2.24. The zero-order valence-corrected chi connectivity index (χ0v) is 10.6. The van der Waals surface area contributed by atoms with Crippen molar-refractivity contribution in [1.29, 1.82) is 5.26 Å². The van der Waals surface area contributed by atoms with Gasteiger partial charge in [0.2, 0.25) is 0 Å². The highest BCUT2D eigenvalue weighted by molar-refractivity contribution is 5.01. The molecule has 1 saturated heterocycles. The number of rotatable bonds is 5. The summed E-state index contributed by atoms with van der Waals surface area (Å²) in [5.41, 5.74) is 0.369. The zero-order chi connectivity index (χ0) is 11.6. The fourth-order valence-electron chi connectivity index (χ4n) is 2.99. The first kappa shape index (κ1) is 11.9. The smallest absolute Gasteiger partial charge is 0.0628 e. The van der Waals surface area contributed by atoms with Crippen LogP contribution in [0.1, 0.15) is 25.7 Å². The molecule has 0 aromatic rings. The normalized spacial score (nSPS) is 28.2. The van der Waals surface area contributed by atoms with Crippen molar-refractivity contribution in [2.75, 3.05) is 40.3 Å². The van der Waals surface area contributed by atoms with Gasteiger partial charge in [0.25, 0.3) is 0 Å². The molecule has 3 heteroatoms. The van der Waals surface area contributed by atoms with Crippen LogP contribution in [0.25, 0.3) is 0 Å². The molecule has 2 fully saturated rings. The van der Waals surface area contributed by atoms with E-state index in [1.807, 2.05) is 0 Å². The molecular weight excluding hydrogens is 198 g/mol. The summed E-state index contributed by atoms with van der Waals surface area (Å²) < 4.78 is 0. The Morgan fingerprint density at radius 2 is 2.25 bits per heavy atom. The average Bonchev–Trinajstić information content (AvgIpc) is 2.82. The predicted molar refractivity (Wildman–Crippen MR) is 65.0 cm³/mol. The molecule has 0 aromatic carbocycles. The van der Waals surface area contributed by atoms with Gasteiger partial charge in [0.05, 0.1) is 6.07 Å². The summed E-state index contributed by atoms with van der Waals surface area (Å²) in [6.45, 7) is 4.83. The monoisotopic (exact) mass is 221 g/mol. The molecule has 16 heavy (non-hydrogen) atoms. The first-order valence-corrected chi connectivity index (χ1v) is 6.38. The Bertz CT molecular complexity index is 277. The molecule has 0 N–H and O–H groups in total. The van der Waals surface area contributed by atoms with Crippen LogP contribution in [0.15, 0.2) is 0 Å². The van der Waals surface area contributed by atoms with Gasteiger partial charge in [-0.3, -0.25) is 0 Å². The standard InChI is InChI=1S/C13H23N3/c1-15-8-3-12(9-15)10-16(2)11-13(4-5-13)6-7-14/h12H,3-6,8-11H2,1-2H3. The number of nitrogens with zero attached hydrogens (tertiary/aromatic N) is 3. The van der Waals surface area contributed by atoms with Gasteiger partial charge < -0.3 is 9.80 Å². The third-order valence-electron chi connectivity index (χ3n) is 4.08. The zero-order valence-electron chi connectivity index (χ0n) is 10.6. The number of hydrogen-bond acceptors (Lipinski definition) is 3. The molecule has 90 valence electrons. The van der Waals surface area contributed by atoms with Crippen molar-refractivity contribution in [3.8, 4) is 6.07 Å². The summed E-state index contributed by atoms with van der Waals surface area (Å²) in [5, 5.41) is 8.80. The van der Waals surface area contributed by atoms with Crippen molar-refractivity contribution >= 4 is 0 Å². The third kappa shape index (κ3) is 2.96. The van der Waals surface area contributed by atoms with Gasteiger partial charge in [0.1, 0.15) is 0 Å². The van der Waals surface area contributed by atoms with Crippen LogP contribution in [-0.2, 0) is 0 Å². The van der Waals surface area contributed by atoms with E-state index in [0.717, 1.165) is 18.9 Å². The van der Waals surface area contributed by atoms with Crippen LogP contribution in [0, 0.1) is 22.7 Å². The van der Waals surface area contributed by atoms with Crippen LogP contribution in [0.3, 0.4) is 0 Å². The van der Waals surface area contributed by atoms with Gasteiger partial charge in [-0.05, 0) is 51.2 Å². The molecule has 1 aliphatic carbocycles. The van der Waals surface area contributed by atoms with Crippen LogP contribution in [0.5, 0.6) is 0 Å². The lowest BCUT2D eigenvalue weighted by molar-refractivity contribution is 0.228. The fourth-order valence-corrected chi connectivity index (χ4v) is 2.99. The molecule has 1 unspecified atom stereocenters. The molecule has 1 atom stereocenters. The van der Waals surface area contributed by atoms with Crippen LogP contribution < -0.4 is 0 Å². The van der Waals surface area contributed by atoms with Crippen molar-refractivity contribution < 1.29 is 0 Å². The predicted octanol–water partition coefficient (Wildman–Crippen LogP) is 1.56. The summed E-state index contributed by atoms with van der Waals surface area (Å²) in [4.78, 5) is 4.87. The van der Waals surface area contributed by atoms with E-state index < -0.39 is 0 Å². The molecule has 0 aromatic heterocycles. The van der Waals surface area contributed by atoms with E-state index in [0.29, 0.717) is 5.41 Å². The topological polar surface area (TPSA) is 30.3 Å². The van der Waals surface area contributed by atoms with E-state index in [2.05, 4.69) is 30.0 Å². The Kier molecular flexibility index (Phi) is 3.51. The Labute approximate surface area is 99.0 Å². The van der Waals surface area contributed by atoms with Crippen LogP contribution in [0.2, 0.25) is 0 Å². The quantitative estimate of drug-likeness (QED) is 0.706. The first-order chi connectivity index (χ1) is 7.63. The molecule has 0 bridgehead atoms. The summed E-state index contributed by atoms with van der Waals surface area (Å²) in [7, 11) is 4.42. The SMILES string of the molecule is CN1CCC(CN(C)CC2(CC#N)CC2)C1. The van der Waals surface area contributed by atoms with E-state index in [-0.39, 0.29) is 0 Å². The van der Waals surface area contributed by atoms with Crippen molar-refractivity contribution in [3.05, 3.63) is 0 Å². The summed E-state index contributed by atoms with van der Waals surface area (Å²) in [6, 6.07) is 2.34. The minimum atomic E-state index is 0.369. The lowest BCUT2D eigenvalue weighted by Crippen LogP contribution is -2.32. The van der Waals surface area contributed by atoms with Gasteiger partial charge in [-0.2, -0.15) is 5.26 Å². The molecule has 1 aliphatic heterocycles. The Hall–Kier alpha value is -0.590. The van der Waals surface area contributed by atoms with Gasteiger partial charge in [0, 0.05) is 26.1 Å². The molecule has 0 radical (unpaired) electrons. The summed E-state index contributed by atoms with van der Waals surface area (Å²) in [6.07, 6.45) is 4.61. The van der Waals surface area contributed by atoms with Gasteiger partial charge in [-0.1, -0.05) is 0 Å². The maximum absolute atomic E-state index is 8.80. The van der Waals surface area contributed by atoms with Crippen LogP contribution in [0.4, 0.5) is 0 Å². The molecule has 1 heterocycles. The highest BCUT2D eigenvalue weighted by Crippen LogP contribution is 2.49. The maximum atomic E-state index is 8.80. The first-order valence-electron chi connectivity index (χ1n) is 6.38. The Morgan fingerprint density at radius 3 is 2.75 bits per heavy atom. The highest BCUT2D eigenvalue weighted by atomic mass is 15.2.